The van der Waals surface area contributed by atoms with Crippen molar-refractivity contribution in [3.8, 4) is 0 Å². The lowest BCUT2D eigenvalue weighted by molar-refractivity contribution is 1.24. The van der Waals surface area contributed by atoms with Crippen LogP contribution >= 0.6 is 158 Å². The van der Waals surface area contributed by atoms with Crippen LogP contribution in [0.2, 0.25) is 0 Å². The molecule has 61 valence electrons. The highest BCUT2D eigenvalue weighted by atomic mass is 127. The topological polar surface area (TPSA) is 0 Å². The van der Waals surface area contributed by atoms with Crippen LogP contribution in [0.5, 0.6) is 0 Å². The first-order valence-electron chi connectivity index (χ1n) is 1.82. The number of halogens is 7. The van der Waals surface area contributed by atoms with Gasteiger partial charge in [0.15, 0.2) is 0 Å². The van der Waals surface area contributed by atoms with Crippen molar-refractivity contribution in [3.63, 3.8) is 0 Å². The summed E-state index contributed by atoms with van der Waals surface area (Å²) in [5.74, 6) is 0. The van der Waals surface area contributed by atoms with Crippen LogP contribution in [0.3, 0.4) is 0 Å². The molecule has 0 N–H and O–H groups in total. The molecule has 7 heteroatoms. The smallest absolute Gasteiger partial charge is 0.0623 e. The van der Waals surface area contributed by atoms with Gasteiger partial charge in [-0.05, 0) is 0 Å². The Balaban J connectivity index is 4.40. The third kappa shape index (κ3) is 4.75. The third-order valence-electron chi connectivity index (χ3n) is 0.593. The highest BCUT2D eigenvalue weighted by molar-refractivity contribution is 14.3. The predicted octanol–water partition coefficient (Wildman–Crippen LogP) is 5.87. The first-order valence-corrected chi connectivity index (χ1v) is 9.37. The Morgan fingerprint density at radius 2 is 1.10 bits per heavy atom. The average Bonchev–Trinajstić information content (AvgIpc) is 1.62. The van der Waals surface area contributed by atoms with E-state index in [2.05, 4.69) is 158 Å². The lowest BCUT2D eigenvalue weighted by atomic mass is 10.6. The average molecular weight is 924 g/mol. The van der Waals surface area contributed by atoms with E-state index in [1.165, 1.54) is 1.93 Å². The number of alkyl halides is 5. The highest BCUT2D eigenvalue weighted by Gasteiger charge is 2.47. The molecule has 0 aliphatic rings. The first kappa shape index (κ1) is 15.1. The van der Waals surface area contributed by atoms with Crippen LogP contribution in [0.4, 0.5) is 0 Å². The second-order valence-corrected chi connectivity index (χ2v) is 21.9. The molecule has 0 saturated carbocycles. The van der Waals surface area contributed by atoms with Crippen molar-refractivity contribution in [3.05, 3.63) is 1.93 Å². The van der Waals surface area contributed by atoms with E-state index in [-0.39, 0.29) is 0.864 Å². The molecule has 0 nitrogen and oxygen atoms in total. The highest BCUT2D eigenvalue weighted by Crippen LogP contribution is 2.62. The Kier molecular flexibility index (Phi) is 9.06. The lowest BCUT2D eigenvalue weighted by Crippen LogP contribution is -2.29. The van der Waals surface area contributed by atoms with Gasteiger partial charge in [0.05, 0.1) is 0 Å². The monoisotopic (exact) mass is 924 g/mol. The van der Waals surface area contributed by atoms with E-state index in [4.69, 9.17) is 0 Å². The fourth-order valence-electron chi connectivity index (χ4n) is 0.107. The quantitative estimate of drug-likeness (QED) is 0.241. The summed E-state index contributed by atoms with van der Waals surface area (Å²) in [6, 6.07) is 0. The zero-order chi connectivity index (χ0) is 8.58. The number of rotatable bonds is 2. The van der Waals surface area contributed by atoms with E-state index in [0.29, 0.717) is 0 Å². The van der Waals surface area contributed by atoms with Gasteiger partial charge in [-0.1, -0.05) is 158 Å². The summed E-state index contributed by atoms with van der Waals surface area (Å²) in [7, 11) is 0. The van der Waals surface area contributed by atoms with Crippen molar-refractivity contribution in [2.75, 3.05) is 0 Å². The maximum Gasteiger partial charge on any atom is 0.149 e. The minimum atomic E-state index is 0.227. The zero-order valence-electron chi connectivity index (χ0n) is 4.15. The van der Waals surface area contributed by atoms with Crippen molar-refractivity contribution in [2.45, 2.75) is 0.864 Å². The van der Waals surface area contributed by atoms with Crippen molar-refractivity contribution >= 4 is 158 Å². The van der Waals surface area contributed by atoms with Gasteiger partial charge in [0, 0.05) is 0 Å². The Labute approximate surface area is 156 Å². The molecule has 0 atom stereocenters. The van der Waals surface area contributed by atoms with E-state index in [1.54, 1.807) is 0 Å². The molecule has 0 aromatic rings. The summed E-state index contributed by atoms with van der Waals surface area (Å²) in [6.07, 6.45) is 0. The Morgan fingerprint density at radius 1 is 0.800 bits per heavy atom. The van der Waals surface area contributed by atoms with Gasteiger partial charge in [-0.25, -0.2) is 0 Å². The van der Waals surface area contributed by atoms with Crippen LogP contribution in [0.15, 0.2) is 0 Å². The van der Waals surface area contributed by atoms with Gasteiger partial charge in [-0.15, -0.1) is 0 Å². The van der Waals surface area contributed by atoms with Crippen LogP contribution in [0, 0.1) is 1.93 Å². The molecule has 0 heterocycles. The van der Waals surface area contributed by atoms with Gasteiger partial charge >= 0.3 is 0 Å². The molecule has 1 radical (unpaired) electrons. The zero-order valence-corrected chi connectivity index (χ0v) is 19.2. The fraction of sp³-hybridized carbons (Fsp3) is 0.667. The second kappa shape index (κ2) is 6.00. The first-order chi connectivity index (χ1) is 4.19. The predicted molar refractivity (Wildman–Crippen MR) is 107 cm³/mol. The summed E-state index contributed by atoms with van der Waals surface area (Å²) in [5, 5.41) is 0. The molecule has 0 aromatic carbocycles. The summed E-state index contributed by atoms with van der Waals surface area (Å²) in [6.45, 7) is 0. The standard InChI is InChI=1S/C3I7/c4-1(5)2(6,7)3(8,9)10. The largest absolute Gasteiger partial charge is 0.149 e. The normalized spacial score (nSPS) is 14.4. The van der Waals surface area contributed by atoms with Crippen LogP contribution in [0.1, 0.15) is 0 Å². The summed E-state index contributed by atoms with van der Waals surface area (Å²) in [4.78, 5) is 0. The van der Waals surface area contributed by atoms with Gasteiger partial charge in [0.2, 0.25) is 0 Å². The number of hydrogen-bond donors (Lipinski definition) is 0. The van der Waals surface area contributed by atoms with E-state index in [9.17, 15) is 0 Å². The fourth-order valence-corrected chi connectivity index (χ4v) is 4.82. The molecule has 0 fully saturated rings. The van der Waals surface area contributed by atoms with Crippen molar-refractivity contribution in [1.29, 1.82) is 0 Å². The third-order valence-corrected chi connectivity index (χ3v) is 17.7. The maximum atomic E-state index is 2.48. The molecule has 0 bridgehead atoms. The van der Waals surface area contributed by atoms with E-state index in [0.717, 1.165) is 0 Å². The van der Waals surface area contributed by atoms with Crippen LogP contribution in [-0.2, 0) is 0 Å². The van der Waals surface area contributed by atoms with Gasteiger partial charge in [-0.3, -0.25) is 0 Å². The Bertz CT molecular complexity index is 111. The molecule has 0 aliphatic heterocycles. The summed E-state index contributed by atoms with van der Waals surface area (Å²) >= 11 is 17.1. The molecule has 0 aromatic heterocycles. The molecule has 0 aliphatic carbocycles. The van der Waals surface area contributed by atoms with E-state index in [1.807, 2.05) is 0 Å². The van der Waals surface area contributed by atoms with Gasteiger partial charge in [0.1, 0.15) is 2.80 Å². The molecule has 10 heavy (non-hydrogen) atoms. The van der Waals surface area contributed by atoms with Crippen molar-refractivity contribution < 1.29 is 0 Å². The maximum absolute atomic E-state index is 2.48. The van der Waals surface area contributed by atoms with Gasteiger partial charge < -0.3 is 0 Å². The van der Waals surface area contributed by atoms with Crippen LogP contribution in [-0.4, -0.2) is 0.864 Å². The molecule has 0 amide bonds. The van der Waals surface area contributed by atoms with Crippen LogP contribution < -0.4 is 0 Å². The van der Waals surface area contributed by atoms with Gasteiger partial charge in [-0.2, -0.15) is 0 Å². The second-order valence-electron chi connectivity index (χ2n) is 1.33. The minimum absolute atomic E-state index is 0.227. The molecule has 0 spiro atoms. The van der Waals surface area contributed by atoms with E-state index < -0.39 is 0 Å². The van der Waals surface area contributed by atoms with Crippen molar-refractivity contribution in [2.24, 2.45) is 0 Å². The molecule has 0 rings (SSSR count). The van der Waals surface area contributed by atoms with Crippen molar-refractivity contribution in [1.82, 2.24) is 0 Å². The van der Waals surface area contributed by atoms with Gasteiger partial charge in [0.25, 0.3) is 0 Å². The summed E-state index contributed by atoms with van der Waals surface area (Å²) < 4.78 is 1.88. The molecule has 0 saturated heterocycles. The number of hydrogen-bond acceptors (Lipinski definition) is 0. The molecular formula is C3I7. The SMILES string of the molecule is I[C](I)C(I)(I)C(I)(I)I. The molecular weight excluding hydrogens is 924 g/mol. The summed E-state index contributed by atoms with van der Waals surface area (Å²) in [5.41, 5.74) is 0. The Morgan fingerprint density at radius 3 is 1.10 bits per heavy atom. The Hall–Kier alpha value is 5.11. The van der Waals surface area contributed by atoms with Crippen LogP contribution in [0.25, 0.3) is 0 Å². The lowest BCUT2D eigenvalue weighted by Gasteiger charge is -2.30. The minimum Gasteiger partial charge on any atom is -0.0623 e. The van der Waals surface area contributed by atoms with E-state index >= 15 is 0 Å². The molecule has 0 unspecified atom stereocenters.